The molecule has 4 heteroatoms. The second-order valence-corrected chi connectivity index (χ2v) is 28.5. The van der Waals surface area contributed by atoms with Gasteiger partial charge < -0.3 is 18.9 Å². The van der Waals surface area contributed by atoms with Gasteiger partial charge in [0.2, 0.25) is 0 Å². The van der Waals surface area contributed by atoms with E-state index in [-0.39, 0.29) is 13.2 Å². The third-order valence-corrected chi connectivity index (χ3v) is 22.7. The summed E-state index contributed by atoms with van der Waals surface area (Å²) in [7, 11) is 0. The monoisotopic (exact) mass is 1290 g/mol. The molecule has 0 aromatic heterocycles. The maximum absolute atomic E-state index is 8.91. The summed E-state index contributed by atoms with van der Waals surface area (Å²) in [6.07, 6.45) is -2.08. The van der Waals surface area contributed by atoms with Gasteiger partial charge in [0.25, 0.3) is 0 Å². The Morgan fingerprint density at radius 1 is 0.238 bits per heavy atom. The van der Waals surface area contributed by atoms with E-state index in [1.165, 1.54) is 53.9 Å². The molecular formula is C97H66O4. The van der Waals surface area contributed by atoms with E-state index in [4.69, 9.17) is 18.9 Å². The minimum absolute atomic E-state index is 0.178. The average Bonchev–Trinajstić information content (AvgIpc) is 1.68. The molecule has 0 aliphatic carbocycles. The van der Waals surface area contributed by atoms with E-state index in [2.05, 4.69) is 341 Å². The highest BCUT2D eigenvalue weighted by atomic mass is 16.8. The summed E-state index contributed by atoms with van der Waals surface area (Å²) < 4.78 is 34.7. The molecule has 0 spiro atoms. The fourth-order valence-electron chi connectivity index (χ4n) is 18.4. The topological polar surface area (TPSA) is 36.9 Å². The number of hydrogen-bond donors (Lipinski definition) is 0. The number of ether oxygens (including phenoxy) is 4. The minimum Gasteiger partial charge on any atom is -0.358 e. The van der Waals surface area contributed by atoms with E-state index in [1.54, 1.807) is 0 Å². The summed E-state index contributed by atoms with van der Waals surface area (Å²) in [6.45, 7) is 4.56. The van der Waals surface area contributed by atoms with Crippen molar-refractivity contribution in [2.24, 2.45) is 0 Å². The van der Waals surface area contributed by atoms with Gasteiger partial charge in [-0.3, -0.25) is 0 Å². The Bertz CT molecular complexity index is 6130. The van der Waals surface area contributed by atoms with Gasteiger partial charge in [0, 0.05) is 0 Å². The molecule has 478 valence electrons. The second-order valence-electron chi connectivity index (χ2n) is 28.5. The normalized spacial score (nSPS) is 15.4. The molecule has 1 fully saturated rings. The van der Waals surface area contributed by atoms with Crippen LogP contribution in [0.3, 0.4) is 0 Å². The van der Waals surface area contributed by atoms with Gasteiger partial charge in [-0.15, -0.1) is 0 Å². The van der Waals surface area contributed by atoms with Crippen LogP contribution in [0.5, 0.6) is 0 Å². The van der Waals surface area contributed by atoms with Gasteiger partial charge in [0.1, 0.15) is 23.4 Å². The van der Waals surface area contributed by atoms with Crippen LogP contribution in [0.4, 0.5) is 0 Å². The first kappa shape index (κ1) is 58.4. The summed E-state index contributed by atoms with van der Waals surface area (Å²) in [6, 6.07) is 122. The highest BCUT2D eigenvalue weighted by Gasteiger charge is 2.65. The van der Waals surface area contributed by atoms with Crippen LogP contribution in [0.25, 0.3) is 151 Å². The van der Waals surface area contributed by atoms with Crippen LogP contribution < -0.4 is 0 Å². The molecule has 1 aliphatic rings. The lowest BCUT2D eigenvalue weighted by Crippen LogP contribution is -2.57. The standard InChI is InChI=1S/C97H66O4/c1-95(2)100-93(96(85-53-65-21-3-7-29-71(65)77-33-11-15-37-81(77)85,86-54-66-22-4-8-30-72(66)78-34-12-16-38-82(78)86)98-57-69-47-45-63-43-41-59-25-19-27-61-49-51-75(69)91(63)89(59)61)94(101-95)97(87-55-67-23-5-9-31-73(67)79-35-13-17-39-83(79)87,88-56-68-24-6-10-32-74(68)80-36-14-18-40-84(80)88)99-58-70-48-46-64-44-42-60-26-20-28-62-50-52-76(70)92(64)90(60)62/h3-56,93-94H,57-58H2,1-2H3. The smallest absolute Gasteiger partial charge is 0.164 e. The van der Waals surface area contributed by atoms with Gasteiger partial charge in [-0.05, 0) is 222 Å². The quantitative estimate of drug-likeness (QED) is 0.114. The van der Waals surface area contributed by atoms with E-state index >= 15 is 0 Å². The molecule has 101 heavy (non-hydrogen) atoms. The van der Waals surface area contributed by atoms with Crippen molar-refractivity contribution >= 4 is 151 Å². The lowest BCUT2D eigenvalue weighted by molar-refractivity contribution is -0.182. The van der Waals surface area contributed by atoms with Crippen LogP contribution in [-0.2, 0) is 43.4 Å². The van der Waals surface area contributed by atoms with E-state index in [9.17, 15) is 0 Å². The predicted molar refractivity (Wildman–Crippen MR) is 421 cm³/mol. The van der Waals surface area contributed by atoms with E-state index in [1.807, 2.05) is 0 Å². The molecule has 2 atom stereocenters. The van der Waals surface area contributed by atoms with Crippen LogP contribution in [0.2, 0.25) is 0 Å². The lowest BCUT2D eigenvalue weighted by Gasteiger charge is -2.48. The zero-order chi connectivity index (χ0) is 66.7. The second kappa shape index (κ2) is 22.2. The van der Waals surface area contributed by atoms with Gasteiger partial charge in [-0.25, -0.2) is 0 Å². The van der Waals surface area contributed by atoms with Gasteiger partial charge in [0.05, 0.1) is 13.2 Å². The van der Waals surface area contributed by atoms with Gasteiger partial charge in [0.15, 0.2) is 5.79 Å². The van der Waals surface area contributed by atoms with Gasteiger partial charge >= 0.3 is 0 Å². The maximum atomic E-state index is 8.91. The predicted octanol–water partition coefficient (Wildman–Crippen LogP) is 24.8. The Kier molecular flexibility index (Phi) is 12.8. The van der Waals surface area contributed by atoms with E-state index in [0.717, 1.165) is 130 Å². The molecule has 0 saturated carbocycles. The SMILES string of the molecule is CC1(C)OC(C(OCc2ccc3ccc4cccc5ccc2c3c45)(c2cc3ccccc3c3ccccc23)c2cc3ccccc3c3ccccc23)C(C(OCc2ccc3ccc4cccc5ccc2c3c45)(c2cc3ccccc3c3ccccc23)c2cc3ccccc3c3ccccc23)O1. The van der Waals surface area contributed by atoms with Crippen molar-refractivity contribution in [3.63, 3.8) is 0 Å². The largest absolute Gasteiger partial charge is 0.358 e. The first-order valence-corrected chi connectivity index (χ1v) is 35.4. The Morgan fingerprint density at radius 3 is 0.782 bits per heavy atom. The fourth-order valence-corrected chi connectivity index (χ4v) is 18.4. The summed E-state index contributed by atoms with van der Waals surface area (Å²) in [5.41, 5.74) is 2.75. The van der Waals surface area contributed by atoms with Crippen LogP contribution >= 0.6 is 0 Å². The Balaban J connectivity index is 0.942. The number of hydrogen-bond acceptors (Lipinski definition) is 4. The van der Waals surface area contributed by atoms with Crippen molar-refractivity contribution in [1.82, 2.24) is 0 Å². The zero-order valence-electron chi connectivity index (χ0n) is 55.9. The molecule has 1 aliphatic heterocycles. The zero-order valence-corrected chi connectivity index (χ0v) is 55.9. The first-order chi connectivity index (χ1) is 49.8. The van der Waals surface area contributed by atoms with Crippen molar-refractivity contribution in [3.05, 3.63) is 361 Å². The fraction of sp³-hybridized carbons (Fsp3) is 0.0928. The van der Waals surface area contributed by atoms with Crippen molar-refractivity contribution in [3.8, 4) is 0 Å². The molecule has 2 unspecified atom stereocenters. The third kappa shape index (κ3) is 8.64. The van der Waals surface area contributed by atoms with Crippen molar-refractivity contribution in [2.45, 2.75) is 56.3 Å². The molecule has 0 bridgehead atoms. The number of rotatable bonds is 12. The molecule has 1 saturated heterocycles. The van der Waals surface area contributed by atoms with E-state index in [0.29, 0.717) is 0 Å². The Labute approximate surface area is 583 Å². The summed E-state index contributed by atoms with van der Waals surface area (Å²) >= 11 is 0. The third-order valence-electron chi connectivity index (χ3n) is 22.7. The van der Waals surface area contributed by atoms with Crippen molar-refractivity contribution in [1.29, 1.82) is 0 Å². The highest BCUT2D eigenvalue weighted by molar-refractivity contribution is 6.25. The molecule has 20 aromatic carbocycles. The molecule has 1 heterocycles. The Hall–Kier alpha value is -11.6. The first-order valence-electron chi connectivity index (χ1n) is 35.4. The molecule has 0 N–H and O–H groups in total. The molecule has 4 nitrogen and oxygen atoms in total. The van der Waals surface area contributed by atoms with Crippen LogP contribution in [-0.4, -0.2) is 18.0 Å². The van der Waals surface area contributed by atoms with Gasteiger partial charge in [-0.1, -0.05) is 303 Å². The highest BCUT2D eigenvalue weighted by Crippen LogP contribution is 2.59. The molecule has 21 rings (SSSR count). The van der Waals surface area contributed by atoms with Crippen molar-refractivity contribution in [2.75, 3.05) is 0 Å². The summed E-state index contributed by atoms with van der Waals surface area (Å²) in [5, 5.41) is 31.9. The van der Waals surface area contributed by atoms with Crippen LogP contribution in [0.15, 0.2) is 328 Å². The summed E-state index contributed by atoms with van der Waals surface area (Å²) in [5.74, 6) is -1.29. The van der Waals surface area contributed by atoms with Crippen molar-refractivity contribution < 1.29 is 18.9 Å². The average molecular weight is 1300 g/mol. The molecule has 0 amide bonds. The van der Waals surface area contributed by atoms with Gasteiger partial charge in [-0.2, -0.15) is 0 Å². The Morgan fingerprint density at radius 2 is 0.475 bits per heavy atom. The van der Waals surface area contributed by atoms with Crippen LogP contribution in [0.1, 0.15) is 47.2 Å². The molecular weight excluding hydrogens is 1230 g/mol. The summed E-state index contributed by atoms with van der Waals surface area (Å²) in [4.78, 5) is 0. The van der Waals surface area contributed by atoms with E-state index < -0.39 is 29.2 Å². The lowest BCUT2D eigenvalue weighted by atomic mass is 9.68. The molecule has 0 radical (unpaired) electrons. The number of benzene rings is 20. The maximum Gasteiger partial charge on any atom is 0.164 e. The minimum atomic E-state index is -1.59. The van der Waals surface area contributed by atoms with Crippen LogP contribution in [0, 0.1) is 0 Å². The number of fused-ring (bicyclic) bond motifs is 12. The molecule has 20 aromatic rings.